The number of rotatable bonds is 6. The van der Waals surface area contributed by atoms with Crippen LogP contribution in [0.4, 0.5) is 18.9 Å². The molecular weight excluding hydrogens is 327 g/mol. The fraction of sp³-hybridized carbons (Fsp3) is 0.538. The Balaban J connectivity index is 3.06. The topological polar surface area (TPSA) is 37.4 Å². The van der Waals surface area contributed by atoms with Gasteiger partial charge >= 0.3 is 5.51 Å². The van der Waals surface area contributed by atoms with Crippen LogP contribution < -0.4 is 4.90 Å². The van der Waals surface area contributed by atoms with Crippen LogP contribution in [0.2, 0.25) is 0 Å². The van der Waals surface area contributed by atoms with Gasteiger partial charge in [0.2, 0.25) is 0 Å². The summed E-state index contributed by atoms with van der Waals surface area (Å²) in [7, 11) is -5.30. The zero-order chi connectivity index (χ0) is 16.3. The van der Waals surface area contributed by atoms with Crippen LogP contribution in [0.1, 0.15) is 20.3 Å². The first kappa shape index (κ1) is 18.1. The molecule has 1 rings (SSSR count). The highest BCUT2D eigenvalue weighted by molar-refractivity contribution is 7.92. The van der Waals surface area contributed by atoms with Gasteiger partial charge in [0.05, 0.1) is 4.90 Å². The number of halogens is 4. The second kappa shape index (κ2) is 6.87. The summed E-state index contributed by atoms with van der Waals surface area (Å²) in [5.74, 6) is 0.476. The highest BCUT2D eigenvalue weighted by atomic mass is 35.5. The largest absolute Gasteiger partial charge is 0.501 e. The van der Waals surface area contributed by atoms with E-state index in [-0.39, 0.29) is 6.04 Å². The van der Waals surface area contributed by atoms with Gasteiger partial charge in [-0.1, -0.05) is 0 Å². The molecule has 0 aliphatic rings. The second-order valence-corrected chi connectivity index (χ2v) is 7.09. The standard InChI is InChI=1S/C13H17ClF3NO2S/c1-10(2)18(9-3-8-14)11-4-6-12(7-5-11)21(19,20)13(15,16)17/h4-7,10H,3,8-9H2,1-2H3. The summed E-state index contributed by atoms with van der Waals surface area (Å²) in [6, 6.07) is 4.85. The predicted molar refractivity (Wildman–Crippen MR) is 77.5 cm³/mol. The Kier molecular flexibility index (Phi) is 5.92. The fourth-order valence-electron chi connectivity index (χ4n) is 1.87. The van der Waals surface area contributed by atoms with E-state index >= 15 is 0 Å². The maximum Gasteiger partial charge on any atom is 0.501 e. The molecule has 0 N–H and O–H groups in total. The average Bonchev–Trinajstić information content (AvgIpc) is 2.38. The van der Waals surface area contributed by atoms with Crippen molar-refractivity contribution < 1.29 is 21.6 Å². The molecule has 0 heterocycles. The normalized spacial score (nSPS) is 12.7. The van der Waals surface area contributed by atoms with Crippen molar-refractivity contribution in [2.24, 2.45) is 0 Å². The van der Waals surface area contributed by atoms with Crippen LogP contribution in [0.25, 0.3) is 0 Å². The third-order valence-corrected chi connectivity index (χ3v) is 4.71. The van der Waals surface area contributed by atoms with Crippen LogP contribution in [0.5, 0.6) is 0 Å². The average molecular weight is 344 g/mol. The quantitative estimate of drug-likeness (QED) is 0.737. The maximum absolute atomic E-state index is 12.5. The minimum absolute atomic E-state index is 0.123. The number of benzene rings is 1. The Labute approximate surface area is 127 Å². The van der Waals surface area contributed by atoms with Crippen molar-refractivity contribution in [2.75, 3.05) is 17.3 Å². The molecule has 0 aliphatic heterocycles. The van der Waals surface area contributed by atoms with Gasteiger partial charge in [0.15, 0.2) is 0 Å². The van der Waals surface area contributed by atoms with E-state index in [9.17, 15) is 21.6 Å². The third-order valence-electron chi connectivity index (χ3n) is 2.94. The number of nitrogens with zero attached hydrogens (tertiary/aromatic N) is 1. The molecule has 0 bridgehead atoms. The first-order chi connectivity index (χ1) is 9.61. The lowest BCUT2D eigenvalue weighted by molar-refractivity contribution is -0.0436. The third kappa shape index (κ3) is 4.26. The molecule has 0 amide bonds. The van der Waals surface area contributed by atoms with Crippen LogP contribution in [0, 0.1) is 0 Å². The van der Waals surface area contributed by atoms with Crippen molar-refractivity contribution in [3.8, 4) is 0 Å². The van der Waals surface area contributed by atoms with Crippen LogP contribution in [-0.2, 0) is 9.84 Å². The van der Waals surface area contributed by atoms with E-state index in [4.69, 9.17) is 11.6 Å². The van der Waals surface area contributed by atoms with E-state index in [0.29, 0.717) is 18.1 Å². The van der Waals surface area contributed by atoms with Crippen molar-refractivity contribution in [2.45, 2.75) is 36.7 Å². The van der Waals surface area contributed by atoms with Gasteiger partial charge in [-0.25, -0.2) is 8.42 Å². The van der Waals surface area contributed by atoms with Crippen molar-refractivity contribution in [1.82, 2.24) is 0 Å². The summed E-state index contributed by atoms with van der Waals surface area (Å²) < 4.78 is 59.9. The summed E-state index contributed by atoms with van der Waals surface area (Å²) in [6.07, 6.45) is 0.725. The minimum Gasteiger partial charge on any atom is -0.369 e. The lowest BCUT2D eigenvalue weighted by Gasteiger charge is -2.29. The first-order valence-corrected chi connectivity index (χ1v) is 8.37. The van der Waals surface area contributed by atoms with E-state index < -0.39 is 20.2 Å². The summed E-state index contributed by atoms with van der Waals surface area (Å²) in [5.41, 5.74) is -4.62. The van der Waals surface area contributed by atoms with Gasteiger partial charge in [0.25, 0.3) is 9.84 Å². The van der Waals surface area contributed by atoms with Crippen molar-refractivity contribution in [3.05, 3.63) is 24.3 Å². The van der Waals surface area contributed by atoms with Crippen molar-refractivity contribution in [3.63, 3.8) is 0 Å². The van der Waals surface area contributed by atoms with Gasteiger partial charge in [0, 0.05) is 24.2 Å². The Morgan fingerprint density at radius 2 is 1.71 bits per heavy atom. The molecule has 8 heteroatoms. The van der Waals surface area contributed by atoms with Crippen LogP contribution >= 0.6 is 11.6 Å². The van der Waals surface area contributed by atoms with Crippen LogP contribution in [0.15, 0.2) is 29.2 Å². The predicted octanol–water partition coefficient (Wildman–Crippen LogP) is 3.82. The maximum atomic E-state index is 12.5. The molecule has 120 valence electrons. The molecule has 0 fully saturated rings. The molecule has 0 saturated carbocycles. The van der Waals surface area contributed by atoms with Crippen molar-refractivity contribution >= 4 is 27.1 Å². The number of alkyl halides is 4. The smallest absolute Gasteiger partial charge is 0.369 e. The zero-order valence-corrected chi connectivity index (χ0v) is 13.3. The monoisotopic (exact) mass is 343 g/mol. The summed E-state index contributed by atoms with van der Waals surface area (Å²) in [5, 5.41) is 0. The van der Waals surface area contributed by atoms with Gasteiger partial charge < -0.3 is 4.90 Å². The Morgan fingerprint density at radius 3 is 2.10 bits per heavy atom. The second-order valence-electron chi connectivity index (χ2n) is 4.77. The fourth-order valence-corrected chi connectivity index (χ4v) is 2.75. The van der Waals surface area contributed by atoms with E-state index in [2.05, 4.69) is 0 Å². The molecule has 0 atom stereocenters. The summed E-state index contributed by atoms with van der Waals surface area (Å²) in [4.78, 5) is 1.20. The van der Waals surface area contributed by atoms with Gasteiger partial charge in [0.1, 0.15) is 0 Å². The Morgan fingerprint density at radius 1 is 1.19 bits per heavy atom. The van der Waals surface area contributed by atoms with Crippen LogP contribution in [-0.4, -0.2) is 32.4 Å². The molecule has 0 spiro atoms. The molecule has 0 aromatic heterocycles. The zero-order valence-electron chi connectivity index (χ0n) is 11.7. The number of sulfone groups is 1. The van der Waals surface area contributed by atoms with E-state index in [1.165, 1.54) is 12.1 Å². The first-order valence-electron chi connectivity index (χ1n) is 6.35. The molecule has 0 radical (unpaired) electrons. The SMILES string of the molecule is CC(C)N(CCCCl)c1ccc(S(=O)(=O)C(F)(F)F)cc1. The Hall–Kier alpha value is -0.950. The lowest BCUT2D eigenvalue weighted by atomic mass is 10.2. The molecule has 1 aromatic carbocycles. The molecule has 3 nitrogen and oxygen atoms in total. The van der Waals surface area contributed by atoms with Gasteiger partial charge in [-0.2, -0.15) is 13.2 Å². The Bertz CT molecular complexity index is 556. The summed E-state index contributed by atoms with van der Waals surface area (Å²) >= 11 is 5.64. The van der Waals surface area contributed by atoms with E-state index in [1.54, 1.807) is 0 Å². The van der Waals surface area contributed by atoms with Gasteiger partial charge in [-0.3, -0.25) is 0 Å². The van der Waals surface area contributed by atoms with E-state index in [0.717, 1.165) is 18.6 Å². The molecule has 0 saturated heterocycles. The number of hydrogen-bond acceptors (Lipinski definition) is 3. The molecular formula is C13H17ClF3NO2S. The highest BCUT2D eigenvalue weighted by Gasteiger charge is 2.46. The van der Waals surface area contributed by atoms with Crippen molar-refractivity contribution in [1.29, 1.82) is 0 Å². The highest BCUT2D eigenvalue weighted by Crippen LogP contribution is 2.31. The molecule has 1 aromatic rings. The van der Waals surface area contributed by atoms with Crippen LogP contribution in [0.3, 0.4) is 0 Å². The molecule has 21 heavy (non-hydrogen) atoms. The van der Waals surface area contributed by atoms with Gasteiger partial charge in [-0.15, -0.1) is 11.6 Å². The van der Waals surface area contributed by atoms with E-state index in [1.807, 2.05) is 18.7 Å². The molecule has 0 aliphatic carbocycles. The lowest BCUT2D eigenvalue weighted by Crippen LogP contribution is -2.32. The van der Waals surface area contributed by atoms with Gasteiger partial charge in [-0.05, 0) is 44.5 Å². The number of hydrogen-bond donors (Lipinski definition) is 0. The minimum atomic E-state index is -5.30. The summed E-state index contributed by atoms with van der Waals surface area (Å²) in [6.45, 7) is 4.52. The molecule has 0 unspecified atom stereocenters. The number of anilines is 1.